The average molecular weight is 355 g/mol. The number of nitrogens with one attached hydrogen (secondary N) is 1. The molecule has 0 saturated heterocycles. The van der Waals surface area contributed by atoms with Crippen LogP contribution in [0.2, 0.25) is 0 Å². The summed E-state index contributed by atoms with van der Waals surface area (Å²) in [7, 11) is 0. The van der Waals surface area contributed by atoms with Gasteiger partial charge in [-0.15, -0.1) is 11.8 Å². The Morgan fingerprint density at radius 2 is 1.85 bits per heavy atom. The zero-order valence-electron chi connectivity index (χ0n) is 10.9. The number of rotatable bonds is 6. The molecule has 0 fully saturated rings. The lowest BCUT2D eigenvalue weighted by Gasteiger charge is -2.16. The molecule has 0 spiro atoms. The van der Waals surface area contributed by atoms with Crippen molar-refractivity contribution in [3.05, 3.63) is 64.4 Å². The van der Waals surface area contributed by atoms with Crippen molar-refractivity contribution in [1.82, 2.24) is 5.43 Å². The Bertz CT molecular complexity index is 548. The van der Waals surface area contributed by atoms with Gasteiger partial charge >= 0.3 is 0 Å². The molecule has 0 heterocycles. The van der Waals surface area contributed by atoms with Gasteiger partial charge in [0.25, 0.3) is 0 Å². The number of thioether (sulfide) groups is 1. The molecule has 1 atom stereocenters. The molecule has 0 bridgehead atoms. The van der Waals surface area contributed by atoms with Gasteiger partial charge in [-0.3, -0.25) is 11.3 Å². The lowest BCUT2D eigenvalue weighted by molar-refractivity contribution is 0.573. The molecule has 0 aliphatic rings. The highest BCUT2D eigenvalue weighted by Gasteiger charge is 2.10. The summed E-state index contributed by atoms with van der Waals surface area (Å²) in [5.74, 6) is 6.23. The molecule has 0 aromatic heterocycles. The topological polar surface area (TPSA) is 38.0 Å². The first-order valence-electron chi connectivity index (χ1n) is 6.27. The van der Waals surface area contributed by atoms with Gasteiger partial charge in [0.1, 0.15) is 5.82 Å². The van der Waals surface area contributed by atoms with Gasteiger partial charge in [-0.05, 0) is 52.2 Å². The van der Waals surface area contributed by atoms with E-state index in [9.17, 15) is 4.39 Å². The second kappa shape index (κ2) is 7.78. The molecule has 0 radical (unpaired) electrons. The van der Waals surface area contributed by atoms with Crippen molar-refractivity contribution in [1.29, 1.82) is 0 Å². The lowest BCUT2D eigenvalue weighted by Crippen LogP contribution is -2.38. The van der Waals surface area contributed by atoms with Crippen LogP contribution < -0.4 is 11.3 Å². The van der Waals surface area contributed by atoms with Crippen LogP contribution in [0.4, 0.5) is 4.39 Å². The van der Waals surface area contributed by atoms with Gasteiger partial charge in [0, 0.05) is 21.2 Å². The normalized spacial score (nSPS) is 12.3. The third-order valence-electron chi connectivity index (χ3n) is 2.91. The molecule has 106 valence electrons. The van der Waals surface area contributed by atoms with E-state index in [1.54, 1.807) is 23.9 Å². The summed E-state index contributed by atoms with van der Waals surface area (Å²) in [5.41, 5.74) is 3.90. The maximum absolute atomic E-state index is 12.9. The molecule has 1 unspecified atom stereocenters. The van der Waals surface area contributed by atoms with Crippen LogP contribution in [0.3, 0.4) is 0 Å². The third kappa shape index (κ3) is 4.59. The molecule has 5 heteroatoms. The van der Waals surface area contributed by atoms with Crippen molar-refractivity contribution in [2.45, 2.75) is 17.4 Å². The number of nitrogens with two attached hydrogens (primary N) is 1. The van der Waals surface area contributed by atoms with Crippen LogP contribution in [0.5, 0.6) is 0 Å². The van der Waals surface area contributed by atoms with E-state index < -0.39 is 0 Å². The van der Waals surface area contributed by atoms with Gasteiger partial charge < -0.3 is 0 Å². The Morgan fingerprint density at radius 3 is 2.50 bits per heavy atom. The number of hydrogen-bond acceptors (Lipinski definition) is 3. The molecule has 2 aromatic rings. The highest BCUT2D eigenvalue weighted by molar-refractivity contribution is 9.10. The summed E-state index contributed by atoms with van der Waals surface area (Å²) in [5, 5.41) is 0. The summed E-state index contributed by atoms with van der Waals surface area (Å²) >= 11 is 5.27. The fraction of sp³-hybridized carbons (Fsp3) is 0.200. The van der Waals surface area contributed by atoms with E-state index in [1.165, 1.54) is 17.0 Å². The minimum Gasteiger partial charge on any atom is -0.271 e. The Hall–Kier alpha value is -0.880. The minimum atomic E-state index is -0.214. The van der Waals surface area contributed by atoms with Crippen LogP contribution in [0.15, 0.2) is 57.9 Å². The second-order valence-electron chi connectivity index (χ2n) is 4.44. The number of hydrogen-bond donors (Lipinski definition) is 2. The number of benzene rings is 2. The van der Waals surface area contributed by atoms with Crippen LogP contribution in [0, 0.1) is 5.82 Å². The van der Waals surface area contributed by atoms with Crippen LogP contribution in [-0.2, 0) is 6.42 Å². The van der Waals surface area contributed by atoms with Crippen LogP contribution in [0.1, 0.15) is 5.56 Å². The van der Waals surface area contributed by atoms with Gasteiger partial charge in [-0.25, -0.2) is 4.39 Å². The van der Waals surface area contributed by atoms with E-state index in [-0.39, 0.29) is 11.9 Å². The van der Waals surface area contributed by atoms with Crippen molar-refractivity contribution < 1.29 is 4.39 Å². The van der Waals surface area contributed by atoms with E-state index in [0.29, 0.717) is 0 Å². The molecule has 0 aliphatic heterocycles. The van der Waals surface area contributed by atoms with Crippen molar-refractivity contribution in [3.8, 4) is 0 Å². The van der Waals surface area contributed by atoms with Crippen molar-refractivity contribution in [2.24, 2.45) is 5.84 Å². The maximum atomic E-state index is 12.9. The Balaban J connectivity index is 1.92. The monoisotopic (exact) mass is 354 g/mol. The molecule has 2 aromatic carbocycles. The Labute approximate surface area is 131 Å². The van der Waals surface area contributed by atoms with Crippen molar-refractivity contribution in [3.63, 3.8) is 0 Å². The molecule has 2 nitrogen and oxygen atoms in total. The standard InChI is InChI=1S/C15H16BrFN2S/c16-14-3-1-2-4-15(14)20-10-13(19-18)9-11-5-7-12(17)8-6-11/h1-8,13,19H,9-10,18H2. The average Bonchev–Trinajstić information content (AvgIpc) is 2.47. The SMILES string of the molecule is NNC(CSc1ccccc1Br)Cc1ccc(F)cc1. The highest BCUT2D eigenvalue weighted by Crippen LogP contribution is 2.27. The first kappa shape index (κ1) is 15.5. The van der Waals surface area contributed by atoms with E-state index in [2.05, 4.69) is 27.4 Å². The molecule has 0 amide bonds. The summed E-state index contributed by atoms with van der Waals surface area (Å²) in [6, 6.07) is 14.8. The largest absolute Gasteiger partial charge is 0.271 e. The second-order valence-corrected chi connectivity index (χ2v) is 6.35. The molecule has 3 N–H and O–H groups in total. The molecule has 0 aliphatic carbocycles. The first-order valence-corrected chi connectivity index (χ1v) is 8.05. The zero-order chi connectivity index (χ0) is 14.4. The number of halogens is 2. The van der Waals surface area contributed by atoms with Gasteiger partial charge in [-0.1, -0.05) is 24.3 Å². The van der Waals surface area contributed by atoms with Crippen LogP contribution >= 0.6 is 27.7 Å². The van der Waals surface area contributed by atoms with E-state index in [4.69, 9.17) is 5.84 Å². The third-order valence-corrected chi connectivity index (χ3v) is 5.10. The quantitative estimate of drug-likeness (QED) is 0.471. The summed E-state index contributed by atoms with van der Waals surface area (Å²) < 4.78 is 14.0. The first-order chi connectivity index (χ1) is 9.69. The smallest absolute Gasteiger partial charge is 0.123 e. The summed E-state index contributed by atoms with van der Waals surface area (Å²) in [6.07, 6.45) is 0.772. The van der Waals surface area contributed by atoms with E-state index in [0.717, 1.165) is 22.2 Å². The molecule has 20 heavy (non-hydrogen) atoms. The van der Waals surface area contributed by atoms with Crippen molar-refractivity contribution >= 4 is 27.7 Å². The Morgan fingerprint density at radius 1 is 1.15 bits per heavy atom. The molecular formula is C15H16BrFN2S. The summed E-state index contributed by atoms with van der Waals surface area (Å²) in [6.45, 7) is 0. The molecular weight excluding hydrogens is 339 g/mol. The predicted octanol–water partition coefficient (Wildman–Crippen LogP) is 3.75. The van der Waals surface area contributed by atoms with E-state index in [1.807, 2.05) is 18.2 Å². The van der Waals surface area contributed by atoms with Crippen LogP contribution in [-0.4, -0.2) is 11.8 Å². The highest BCUT2D eigenvalue weighted by atomic mass is 79.9. The zero-order valence-corrected chi connectivity index (χ0v) is 13.3. The predicted molar refractivity (Wildman–Crippen MR) is 86.1 cm³/mol. The molecule has 0 saturated carbocycles. The maximum Gasteiger partial charge on any atom is 0.123 e. The minimum absolute atomic E-state index is 0.137. The van der Waals surface area contributed by atoms with Crippen molar-refractivity contribution in [2.75, 3.05) is 5.75 Å². The van der Waals surface area contributed by atoms with Gasteiger partial charge in [0.2, 0.25) is 0 Å². The van der Waals surface area contributed by atoms with Gasteiger partial charge in [0.15, 0.2) is 0 Å². The van der Waals surface area contributed by atoms with Gasteiger partial charge in [-0.2, -0.15) is 0 Å². The fourth-order valence-corrected chi connectivity index (χ4v) is 3.43. The number of hydrazine groups is 1. The van der Waals surface area contributed by atoms with Gasteiger partial charge in [0.05, 0.1) is 0 Å². The Kier molecular flexibility index (Phi) is 6.04. The lowest BCUT2D eigenvalue weighted by atomic mass is 10.1. The van der Waals surface area contributed by atoms with Crippen LogP contribution in [0.25, 0.3) is 0 Å². The summed E-state index contributed by atoms with van der Waals surface area (Å²) in [4.78, 5) is 1.19. The van der Waals surface area contributed by atoms with E-state index >= 15 is 0 Å². The fourth-order valence-electron chi connectivity index (χ4n) is 1.82. The molecule has 2 rings (SSSR count).